The Bertz CT molecular complexity index is 122. The van der Waals surface area contributed by atoms with Crippen LogP contribution in [0.1, 0.15) is 27.2 Å². The third kappa shape index (κ3) is 1.32. The first-order valence-electron chi connectivity index (χ1n) is 3.97. The molecule has 2 N–H and O–H groups in total. The van der Waals surface area contributed by atoms with Crippen molar-refractivity contribution in [2.45, 2.75) is 39.4 Å². The van der Waals surface area contributed by atoms with Crippen LogP contribution in [0.25, 0.3) is 0 Å². The molecular formula is C8H17NO. The van der Waals surface area contributed by atoms with E-state index in [9.17, 15) is 0 Å². The highest BCUT2D eigenvalue weighted by atomic mass is 16.6. The molecule has 1 heterocycles. The van der Waals surface area contributed by atoms with E-state index in [0.29, 0.717) is 24.2 Å². The van der Waals surface area contributed by atoms with Crippen molar-refractivity contribution in [3.05, 3.63) is 0 Å². The van der Waals surface area contributed by atoms with Gasteiger partial charge in [-0.05, 0) is 11.8 Å². The summed E-state index contributed by atoms with van der Waals surface area (Å²) < 4.78 is 5.40. The van der Waals surface area contributed by atoms with E-state index in [1.165, 1.54) is 0 Å². The van der Waals surface area contributed by atoms with Crippen LogP contribution >= 0.6 is 0 Å². The van der Waals surface area contributed by atoms with Gasteiger partial charge in [0, 0.05) is 6.54 Å². The molecule has 60 valence electrons. The molecule has 2 heteroatoms. The molecule has 1 rings (SSSR count). The Morgan fingerprint density at radius 2 is 2.10 bits per heavy atom. The lowest BCUT2D eigenvalue weighted by molar-refractivity contribution is 0.233. The molecule has 0 aromatic carbocycles. The van der Waals surface area contributed by atoms with Crippen LogP contribution in [0, 0.1) is 5.41 Å². The van der Waals surface area contributed by atoms with E-state index < -0.39 is 0 Å². The molecule has 0 saturated carbocycles. The molecule has 0 aliphatic carbocycles. The molecule has 2 atom stereocenters. The van der Waals surface area contributed by atoms with E-state index in [1.54, 1.807) is 0 Å². The molecule has 0 spiro atoms. The number of ether oxygens (including phenoxy) is 1. The van der Waals surface area contributed by atoms with Gasteiger partial charge >= 0.3 is 0 Å². The molecule has 1 fully saturated rings. The molecular weight excluding hydrogens is 126 g/mol. The molecule has 1 aliphatic rings. The van der Waals surface area contributed by atoms with Gasteiger partial charge in [0.1, 0.15) is 0 Å². The van der Waals surface area contributed by atoms with Crippen LogP contribution in [0.3, 0.4) is 0 Å². The highest BCUT2D eigenvalue weighted by molar-refractivity contribution is 4.95. The first-order valence-corrected chi connectivity index (χ1v) is 3.97. The zero-order chi connectivity index (χ0) is 7.78. The average Bonchev–Trinajstić information content (AvgIpc) is 2.66. The van der Waals surface area contributed by atoms with Crippen LogP contribution in [-0.4, -0.2) is 18.8 Å². The fourth-order valence-electron chi connectivity index (χ4n) is 1.21. The first kappa shape index (κ1) is 8.02. The first-order chi connectivity index (χ1) is 4.61. The SMILES string of the molecule is CCC(C)(C)C1OC1CN. The van der Waals surface area contributed by atoms with Crippen LogP contribution in [0.4, 0.5) is 0 Å². The molecule has 0 aromatic heterocycles. The largest absolute Gasteiger partial charge is 0.368 e. The maximum Gasteiger partial charge on any atom is 0.0969 e. The van der Waals surface area contributed by atoms with Gasteiger partial charge in [-0.2, -0.15) is 0 Å². The summed E-state index contributed by atoms with van der Waals surface area (Å²) in [4.78, 5) is 0. The van der Waals surface area contributed by atoms with Crippen LogP contribution in [-0.2, 0) is 4.74 Å². The lowest BCUT2D eigenvalue weighted by Crippen LogP contribution is -2.22. The van der Waals surface area contributed by atoms with Gasteiger partial charge in [0.25, 0.3) is 0 Å². The zero-order valence-corrected chi connectivity index (χ0v) is 7.05. The van der Waals surface area contributed by atoms with E-state index >= 15 is 0 Å². The fraction of sp³-hybridized carbons (Fsp3) is 1.00. The third-order valence-electron chi connectivity index (χ3n) is 2.50. The maximum absolute atomic E-state index is 5.45. The van der Waals surface area contributed by atoms with Crippen molar-refractivity contribution in [3.8, 4) is 0 Å². The summed E-state index contributed by atoms with van der Waals surface area (Å²) in [6, 6.07) is 0. The topological polar surface area (TPSA) is 38.5 Å². The summed E-state index contributed by atoms with van der Waals surface area (Å²) in [6.45, 7) is 7.32. The summed E-state index contributed by atoms with van der Waals surface area (Å²) in [7, 11) is 0. The van der Waals surface area contributed by atoms with E-state index in [0.717, 1.165) is 6.42 Å². The monoisotopic (exact) mass is 143 g/mol. The molecule has 1 aliphatic heterocycles. The zero-order valence-electron chi connectivity index (χ0n) is 7.05. The molecule has 10 heavy (non-hydrogen) atoms. The van der Waals surface area contributed by atoms with Gasteiger partial charge in [0.15, 0.2) is 0 Å². The predicted octanol–water partition coefficient (Wildman–Crippen LogP) is 1.15. The predicted molar refractivity (Wildman–Crippen MR) is 41.8 cm³/mol. The minimum absolute atomic E-state index is 0.323. The highest BCUT2D eigenvalue weighted by Gasteiger charge is 2.47. The lowest BCUT2D eigenvalue weighted by atomic mass is 9.85. The Morgan fingerprint density at radius 3 is 2.40 bits per heavy atom. The van der Waals surface area contributed by atoms with Crippen LogP contribution < -0.4 is 5.73 Å². The van der Waals surface area contributed by atoms with Gasteiger partial charge in [0.05, 0.1) is 12.2 Å². The Kier molecular flexibility index (Phi) is 2.02. The molecule has 0 radical (unpaired) electrons. The van der Waals surface area contributed by atoms with E-state index in [2.05, 4.69) is 20.8 Å². The number of epoxide rings is 1. The standard InChI is InChI=1S/C8H17NO/c1-4-8(2,3)7-6(5-9)10-7/h6-7H,4-5,9H2,1-3H3. The Balaban J connectivity index is 2.37. The summed E-state index contributed by atoms with van der Waals surface area (Å²) in [5.74, 6) is 0. The van der Waals surface area contributed by atoms with Crippen molar-refractivity contribution in [2.24, 2.45) is 11.1 Å². The molecule has 2 unspecified atom stereocenters. The number of rotatable bonds is 3. The summed E-state index contributed by atoms with van der Waals surface area (Å²) in [5.41, 5.74) is 5.77. The number of hydrogen-bond donors (Lipinski definition) is 1. The van der Waals surface area contributed by atoms with E-state index in [-0.39, 0.29) is 0 Å². The summed E-state index contributed by atoms with van der Waals surface area (Å²) in [6.07, 6.45) is 1.92. The van der Waals surface area contributed by atoms with Gasteiger partial charge in [-0.1, -0.05) is 20.8 Å². The Morgan fingerprint density at radius 1 is 1.50 bits per heavy atom. The lowest BCUT2D eigenvalue weighted by Gasteiger charge is -2.19. The number of nitrogens with two attached hydrogens (primary N) is 1. The maximum atomic E-state index is 5.45. The molecule has 1 saturated heterocycles. The average molecular weight is 143 g/mol. The van der Waals surface area contributed by atoms with Crippen LogP contribution in [0.15, 0.2) is 0 Å². The van der Waals surface area contributed by atoms with Gasteiger partial charge in [-0.15, -0.1) is 0 Å². The van der Waals surface area contributed by atoms with E-state index in [4.69, 9.17) is 10.5 Å². The third-order valence-corrected chi connectivity index (χ3v) is 2.50. The summed E-state index contributed by atoms with van der Waals surface area (Å²) >= 11 is 0. The highest BCUT2D eigenvalue weighted by Crippen LogP contribution is 2.39. The Hall–Kier alpha value is -0.0800. The normalized spacial score (nSPS) is 32.4. The second kappa shape index (κ2) is 2.51. The Labute approximate surface area is 62.7 Å². The van der Waals surface area contributed by atoms with Crippen molar-refractivity contribution >= 4 is 0 Å². The van der Waals surface area contributed by atoms with Crippen molar-refractivity contribution in [1.29, 1.82) is 0 Å². The molecule has 0 bridgehead atoms. The second-order valence-corrected chi connectivity index (χ2v) is 3.67. The van der Waals surface area contributed by atoms with Gasteiger partial charge in [-0.25, -0.2) is 0 Å². The van der Waals surface area contributed by atoms with Crippen molar-refractivity contribution in [3.63, 3.8) is 0 Å². The van der Waals surface area contributed by atoms with Crippen LogP contribution in [0.2, 0.25) is 0 Å². The minimum Gasteiger partial charge on any atom is -0.368 e. The van der Waals surface area contributed by atoms with Crippen molar-refractivity contribution < 1.29 is 4.74 Å². The van der Waals surface area contributed by atoms with Gasteiger partial charge in [-0.3, -0.25) is 0 Å². The van der Waals surface area contributed by atoms with Crippen molar-refractivity contribution in [1.82, 2.24) is 0 Å². The smallest absolute Gasteiger partial charge is 0.0969 e. The van der Waals surface area contributed by atoms with Gasteiger partial charge < -0.3 is 10.5 Å². The fourth-order valence-corrected chi connectivity index (χ4v) is 1.21. The molecule has 0 amide bonds. The summed E-state index contributed by atoms with van der Waals surface area (Å²) in [5, 5.41) is 0. The van der Waals surface area contributed by atoms with Gasteiger partial charge in [0.2, 0.25) is 0 Å². The second-order valence-electron chi connectivity index (χ2n) is 3.67. The van der Waals surface area contributed by atoms with Crippen LogP contribution in [0.5, 0.6) is 0 Å². The van der Waals surface area contributed by atoms with E-state index in [1.807, 2.05) is 0 Å². The minimum atomic E-state index is 0.323. The molecule has 2 nitrogen and oxygen atoms in total. The molecule has 0 aromatic rings. The van der Waals surface area contributed by atoms with Crippen molar-refractivity contribution in [2.75, 3.05) is 6.54 Å². The quantitative estimate of drug-likeness (QED) is 0.602. The number of hydrogen-bond acceptors (Lipinski definition) is 2.